The summed E-state index contributed by atoms with van der Waals surface area (Å²) < 4.78 is 13.1. The van der Waals surface area contributed by atoms with E-state index in [1.807, 2.05) is 0 Å². The molecule has 1 aliphatic rings. The van der Waals surface area contributed by atoms with E-state index in [-0.39, 0.29) is 16.2 Å². The van der Waals surface area contributed by atoms with E-state index in [9.17, 15) is 9.18 Å². The highest BCUT2D eigenvalue weighted by atomic mass is 79.9. The summed E-state index contributed by atoms with van der Waals surface area (Å²) in [5.41, 5.74) is 0.285. The highest BCUT2D eigenvalue weighted by molar-refractivity contribution is 9.10. The Morgan fingerprint density at radius 2 is 2.06 bits per heavy atom. The maximum atomic E-state index is 13.1. The smallest absolute Gasteiger partial charge is 0.272 e. The summed E-state index contributed by atoms with van der Waals surface area (Å²) in [6, 6.07) is 2.68. The quantitative estimate of drug-likeness (QED) is 0.780. The first kappa shape index (κ1) is 13.4. The molecule has 1 amide bonds. The molecule has 4 nitrogen and oxygen atoms in total. The Labute approximate surface area is 114 Å². The summed E-state index contributed by atoms with van der Waals surface area (Å²) in [4.78, 5) is 20.1. The zero-order chi connectivity index (χ0) is 13.1. The van der Waals surface area contributed by atoms with Crippen molar-refractivity contribution < 1.29 is 9.18 Å². The molecule has 1 aliphatic heterocycles. The molecule has 1 saturated heterocycles. The molecule has 0 unspecified atom stereocenters. The fraction of sp³-hybridized carbons (Fsp3) is 0.500. The van der Waals surface area contributed by atoms with Crippen LogP contribution >= 0.6 is 15.9 Å². The lowest BCUT2D eigenvalue weighted by Gasteiger charge is -2.33. The van der Waals surface area contributed by atoms with Crippen LogP contribution in [0.2, 0.25) is 0 Å². The number of amides is 1. The highest BCUT2D eigenvalue weighted by Crippen LogP contribution is 2.14. The van der Waals surface area contributed by atoms with Gasteiger partial charge in [-0.25, -0.2) is 9.37 Å². The number of likely N-dealkylation sites (N-methyl/N-ethyl adjacent to an activating group) is 1. The number of nitrogens with zero attached hydrogens (tertiary/aromatic N) is 3. The number of piperazine rings is 1. The van der Waals surface area contributed by atoms with Crippen molar-refractivity contribution in [3.8, 4) is 0 Å². The van der Waals surface area contributed by atoms with Crippen LogP contribution in [0.3, 0.4) is 0 Å². The third-order valence-corrected chi connectivity index (χ3v) is 3.69. The molecular weight excluding hydrogens is 301 g/mol. The van der Waals surface area contributed by atoms with E-state index in [0.29, 0.717) is 13.1 Å². The lowest BCUT2D eigenvalue weighted by molar-refractivity contribution is 0.0637. The maximum absolute atomic E-state index is 13.1. The SMILES string of the molecule is CCN1CCN(C(=O)c2ccc(F)c(Br)n2)CC1. The summed E-state index contributed by atoms with van der Waals surface area (Å²) in [5, 5.41) is 0. The maximum Gasteiger partial charge on any atom is 0.272 e. The zero-order valence-corrected chi connectivity index (χ0v) is 11.8. The molecule has 0 radical (unpaired) electrons. The molecule has 6 heteroatoms. The topological polar surface area (TPSA) is 36.4 Å². The number of halogens is 2. The van der Waals surface area contributed by atoms with Crippen LogP contribution in [0.25, 0.3) is 0 Å². The molecule has 1 fully saturated rings. The predicted octanol–water partition coefficient (Wildman–Crippen LogP) is 1.76. The van der Waals surface area contributed by atoms with Crippen molar-refractivity contribution in [3.05, 3.63) is 28.2 Å². The predicted molar refractivity (Wildman–Crippen MR) is 69.9 cm³/mol. The molecule has 98 valence electrons. The van der Waals surface area contributed by atoms with Gasteiger partial charge in [-0.2, -0.15) is 0 Å². The Morgan fingerprint density at radius 1 is 1.39 bits per heavy atom. The molecule has 2 rings (SSSR count). The Morgan fingerprint density at radius 3 is 2.61 bits per heavy atom. The molecule has 2 heterocycles. The van der Waals surface area contributed by atoms with Gasteiger partial charge in [0.2, 0.25) is 0 Å². The lowest BCUT2D eigenvalue weighted by Crippen LogP contribution is -2.48. The number of pyridine rings is 1. The molecule has 0 bridgehead atoms. The van der Waals surface area contributed by atoms with E-state index in [0.717, 1.165) is 19.6 Å². The molecule has 0 atom stereocenters. The zero-order valence-electron chi connectivity index (χ0n) is 10.2. The molecule has 0 N–H and O–H groups in total. The van der Waals surface area contributed by atoms with E-state index < -0.39 is 5.82 Å². The third kappa shape index (κ3) is 2.87. The van der Waals surface area contributed by atoms with Gasteiger partial charge < -0.3 is 9.80 Å². The fourth-order valence-electron chi connectivity index (χ4n) is 1.97. The minimum Gasteiger partial charge on any atom is -0.335 e. The highest BCUT2D eigenvalue weighted by Gasteiger charge is 2.22. The van der Waals surface area contributed by atoms with Crippen molar-refractivity contribution in [2.75, 3.05) is 32.7 Å². The Hall–Kier alpha value is -1.01. The molecule has 0 saturated carbocycles. The standard InChI is InChI=1S/C12H15BrFN3O/c1-2-16-5-7-17(8-6-16)12(18)10-4-3-9(14)11(13)15-10/h3-4H,2,5-8H2,1H3. The average molecular weight is 316 g/mol. The Kier molecular flexibility index (Phi) is 4.29. The van der Waals surface area contributed by atoms with Crippen LogP contribution in [-0.4, -0.2) is 53.4 Å². The minimum absolute atomic E-state index is 0.0838. The second-order valence-electron chi connectivity index (χ2n) is 4.20. The first-order chi connectivity index (χ1) is 8.61. The Balaban J connectivity index is 2.05. The number of carbonyl (C=O) groups is 1. The Bertz CT molecular complexity index is 447. The number of hydrogen-bond donors (Lipinski definition) is 0. The van der Waals surface area contributed by atoms with Crippen LogP contribution in [0.5, 0.6) is 0 Å². The first-order valence-corrected chi connectivity index (χ1v) is 6.74. The van der Waals surface area contributed by atoms with E-state index in [2.05, 4.69) is 32.7 Å². The summed E-state index contributed by atoms with van der Waals surface area (Å²) in [5.74, 6) is -0.589. The van der Waals surface area contributed by atoms with Gasteiger partial charge in [-0.1, -0.05) is 6.92 Å². The first-order valence-electron chi connectivity index (χ1n) is 5.95. The van der Waals surface area contributed by atoms with E-state index >= 15 is 0 Å². The molecule has 0 aliphatic carbocycles. The fourth-order valence-corrected chi connectivity index (χ4v) is 2.29. The van der Waals surface area contributed by atoms with Gasteiger partial charge in [-0.05, 0) is 34.6 Å². The second-order valence-corrected chi connectivity index (χ2v) is 4.95. The van der Waals surface area contributed by atoms with Gasteiger partial charge in [0.1, 0.15) is 10.3 Å². The van der Waals surface area contributed by atoms with Crippen LogP contribution in [-0.2, 0) is 0 Å². The molecular formula is C12H15BrFN3O. The number of hydrogen-bond acceptors (Lipinski definition) is 3. The largest absolute Gasteiger partial charge is 0.335 e. The van der Waals surface area contributed by atoms with Gasteiger partial charge in [0, 0.05) is 26.2 Å². The van der Waals surface area contributed by atoms with Gasteiger partial charge in [-0.15, -0.1) is 0 Å². The van der Waals surface area contributed by atoms with Gasteiger partial charge in [0.25, 0.3) is 5.91 Å². The molecule has 1 aromatic rings. The van der Waals surface area contributed by atoms with Crippen LogP contribution in [0.1, 0.15) is 17.4 Å². The number of rotatable bonds is 2. The van der Waals surface area contributed by atoms with Crippen LogP contribution in [0, 0.1) is 5.82 Å². The summed E-state index contributed by atoms with van der Waals surface area (Å²) in [7, 11) is 0. The van der Waals surface area contributed by atoms with Gasteiger partial charge in [0.05, 0.1) is 0 Å². The molecule has 1 aromatic heterocycles. The van der Waals surface area contributed by atoms with Gasteiger partial charge >= 0.3 is 0 Å². The summed E-state index contributed by atoms with van der Waals surface area (Å²) in [6.07, 6.45) is 0. The minimum atomic E-state index is -0.456. The lowest BCUT2D eigenvalue weighted by atomic mass is 10.2. The number of carbonyl (C=O) groups excluding carboxylic acids is 1. The van der Waals surface area contributed by atoms with Crippen molar-refractivity contribution in [3.63, 3.8) is 0 Å². The van der Waals surface area contributed by atoms with E-state index in [1.165, 1.54) is 12.1 Å². The van der Waals surface area contributed by atoms with E-state index in [4.69, 9.17) is 0 Å². The van der Waals surface area contributed by atoms with Gasteiger partial charge in [0.15, 0.2) is 5.82 Å². The normalized spacial score (nSPS) is 16.9. The second kappa shape index (κ2) is 5.75. The molecule has 0 spiro atoms. The summed E-state index contributed by atoms with van der Waals surface area (Å²) >= 11 is 2.99. The third-order valence-electron chi connectivity index (χ3n) is 3.13. The van der Waals surface area contributed by atoms with Crippen molar-refractivity contribution in [1.29, 1.82) is 0 Å². The van der Waals surface area contributed by atoms with Crippen molar-refractivity contribution in [2.24, 2.45) is 0 Å². The van der Waals surface area contributed by atoms with Crippen LogP contribution < -0.4 is 0 Å². The summed E-state index contributed by atoms with van der Waals surface area (Å²) in [6.45, 7) is 6.26. The monoisotopic (exact) mass is 315 g/mol. The number of aromatic nitrogens is 1. The van der Waals surface area contributed by atoms with Gasteiger partial charge in [-0.3, -0.25) is 4.79 Å². The van der Waals surface area contributed by atoms with Crippen LogP contribution in [0.4, 0.5) is 4.39 Å². The molecule has 0 aromatic carbocycles. The van der Waals surface area contributed by atoms with Crippen LogP contribution in [0.15, 0.2) is 16.7 Å². The van der Waals surface area contributed by atoms with Crippen molar-refractivity contribution >= 4 is 21.8 Å². The van der Waals surface area contributed by atoms with E-state index in [1.54, 1.807) is 4.90 Å². The van der Waals surface area contributed by atoms with Crippen molar-refractivity contribution in [1.82, 2.24) is 14.8 Å². The van der Waals surface area contributed by atoms with Crippen molar-refractivity contribution in [2.45, 2.75) is 6.92 Å². The molecule has 18 heavy (non-hydrogen) atoms. The average Bonchev–Trinajstić information content (AvgIpc) is 2.41.